The van der Waals surface area contributed by atoms with Crippen LogP contribution < -0.4 is 0 Å². The summed E-state index contributed by atoms with van der Waals surface area (Å²) in [4.78, 5) is 12.2. The van der Waals surface area contributed by atoms with E-state index >= 15 is 0 Å². The highest BCUT2D eigenvalue weighted by molar-refractivity contribution is 7.85. The molecule has 1 unspecified atom stereocenters. The van der Waals surface area contributed by atoms with Crippen molar-refractivity contribution in [1.82, 2.24) is 0 Å². The van der Waals surface area contributed by atoms with Crippen molar-refractivity contribution < 1.29 is 9.00 Å². The Morgan fingerprint density at radius 2 is 2.15 bits per heavy atom. The summed E-state index contributed by atoms with van der Waals surface area (Å²) < 4.78 is 11.6. The lowest BCUT2D eigenvalue weighted by molar-refractivity contribution is 0.0983. The Morgan fingerprint density at radius 1 is 1.38 bits per heavy atom. The summed E-state index contributed by atoms with van der Waals surface area (Å²) in [5, 5.41) is 0. The van der Waals surface area contributed by atoms with E-state index in [1.54, 1.807) is 6.07 Å². The van der Waals surface area contributed by atoms with E-state index in [-0.39, 0.29) is 5.78 Å². The number of fused-ring (bicyclic) bond motifs is 1. The summed E-state index contributed by atoms with van der Waals surface area (Å²) in [5.41, 5.74) is 1.62. The summed E-state index contributed by atoms with van der Waals surface area (Å²) in [5.74, 6) is 0.606. The maximum absolute atomic E-state index is 11.6. The molecular weight excluding hydrogens is 184 g/mol. The minimum absolute atomic E-state index is 0.123. The number of carbonyl (C=O) groups excluding carboxylic acids is 1. The summed E-state index contributed by atoms with van der Waals surface area (Å²) >= 11 is 0. The molecule has 13 heavy (non-hydrogen) atoms. The Bertz CT molecular complexity index is 396. The van der Waals surface area contributed by atoms with Crippen LogP contribution in [0.25, 0.3) is 0 Å². The van der Waals surface area contributed by atoms with Crippen LogP contribution >= 0.6 is 0 Å². The number of hydrogen-bond donors (Lipinski definition) is 0. The van der Waals surface area contributed by atoms with Gasteiger partial charge in [-0.25, -0.2) is 0 Å². The van der Waals surface area contributed by atoms with Gasteiger partial charge in [-0.1, -0.05) is 18.2 Å². The standard InChI is InChI=1S/C10H10O2S/c1-7-3-2-4-8-9(11)5-6-13(12)10(7)8/h2-4H,5-6H2,1H3. The van der Waals surface area contributed by atoms with Crippen molar-refractivity contribution in [2.24, 2.45) is 0 Å². The predicted molar refractivity (Wildman–Crippen MR) is 51.4 cm³/mol. The van der Waals surface area contributed by atoms with Gasteiger partial charge in [-0.15, -0.1) is 0 Å². The van der Waals surface area contributed by atoms with Gasteiger partial charge in [0.15, 0.2) is 5.78 Å². The van der Waals surface area contributed by atoms with E-state index in [0.717, 1.165) is 10.5 Å². The van der Waals surface area contributed by atoms with Crippen LogP contribution in [0.2, 0.25) is 0 Å². The highest BCUT2D eigenvalue weighted by Crippen LogP contribution is 2.24. The molecule has 2 nitrogen and oxygen atoms in total. The van der Waals surface area contributed by atoms with Gasteiger partial charge < -0.3 is 0 Å². The fraction of sp³-hybridized carbons (Fsp3) is 0.300. The summed E-state index contributed by atoms with van der Waals surface area (Å²) in [7, 11) is -0.968. The van der Waals surface area contributed by atoms with E-state index < -0.39 is 10.8 Å². The van der Waals surface area contributed by atoms with Gasteiger partial charge >= 0.3 is 0 Å². The van der Waals surface area contributed by atoms with E-state index in [0.29, 0.717) is 17.7 Å². The average molecular weight is 194 g/mol. The van der Waals surface area contributed by atoms with Crippen molar-refractivity contribution in [3.63, 3.8) is 0 Å². The molecule has 2 rings (SSSR count). The van der Waals surface area contributed by atoms with Crippen LogP contribution in [0.5, 0.6) is 0 Å². The number of carbonyl (C=O) groups is 1. The molecule has 1 aromatic carbocycles. The molecule has 0 aliphatic carbocycles. The molecule has 0 bridgehead atoms. The van der Waals surface area contributed by atoms with Crippen molar-refractivity contribution in [1.29, 1.82) is 0 Å². The first-order valence-electron chi connectivity index (χ1n) is 4.21. The molecule has 1 aromatic rings. The lowest BCUT2D eigenvalue weighted by Gasteiger charge is -2.15. The third-order valence-electron chi connectivity index (χ3n) is 2.25. The molecular formula is C10H10O2S. The van der Waals surface area contributed by atoms with E-state index in [9.17, 15) is 9.00 Å². The zero-order valence-electron chi connectivity index (χ0n) is 7.37. The van der Waals surface area contributed by atoms with Crippen LogP contribution in [-0.2, 0) is 10.8 Å². The molecule has 1 heterocycles. The molecule has 1 aliphatic heterocycles. The third kappa shape index (κ3) is 1.33. The van der Waals surface area contributed by atoms with Gasteiger partial charge in [-0.2, -0.15) is 0 Å². The Kier molecular flexibility index (Phi) is 2.04. The fourth-order valence-electron chi connectivity index (χ4n) is 1.60. The van der Waals surface area contributed by atoms with Gasteiger partial charge in [0, 0.05) is 17.7 Å². The Labute approximate surface area is 79.4 Å². The molecule has 0 amide bonds. The topological polar surface area (TPSA) is 34.1 Å². The van der Waals surface area contributed by atoms with Gasteiger partial charge in [0.25, 0.3) is 0 Å². The monoisotopic (exact) mass is 194 g/mol. The number of ketones is 1. The van der Waals surface area contributed by atoms with Crippen molar-refractivity contribution in [3.8, 4) is 0 Å². The van der Waals surface area contributed by atoms with E-state index in [1.807, 2.05) is 19.1 Å². The number of hydrogen-bond acceptors (Lipinski definition) is 2. The molecule has 0 spiro atoms. The number of Topliss-reactive ketones (excluding diaryl/α,β-unsaturated/α-hetero) is 1. The zero-order chi connectivity index (χ0) is 9.42. The first-order valence-corrected chi connectivity index (χ1v) is 5.53. The Morgan fingerprint density at radius 3 is 2.85 bits per heavy atom. The van der Waals surface area contributed by atoms with Crippen LogP contribution in [0.15, 0.2) is 23.1 Å². The lowest BCUT2D eigenvalue weighted by atomic mass is 10.1. The molecule has 3 heteroatoms. The minimum atomic E-state index is -0.968. The maximum Gasteiger partial charge on any atom is 0.165 e. The number of aryl methyl sites for hydroxylation is 1. The van der Waals surface area contributed by atoms with Gasteiger partial charge in [0.05, 0.1) is 15.7 Å². The second-order valence-electron chi connectivity index (χ2n) is 3.17. The second-order valence-corrected chi connectivity index (χ2v) is 4.68. The largest absolute Gasteiger partial charge is 0.294 e. The smallest absolute Gasteiger partial charge is 0.165 e. The molecule has 68 valence electrons. The maximum atomic E-state index is 11.6. The summed E-state index contributed by atoms with van der Waals surface area (Å²) in [6.45, 7) is 1.90. The molecule has 0 saturated heterocycles. The Hall–Kier alpha value is -0.960. The van der Waals surface area contributed by atoms with E-state index in [4.69, 9.17) is 0 Å². The SMILES string of the molecule is Cc1cccc2c1S(=O)CCC2=O. The molecule has 0 fully saturated rings. The number of rotatable bonds is 0. The van der Waals surface area contributed by atoms with Crippen LogP contribution in [0.3, 0.4) is 0 Å². The molecule has 1 aliphatic rings. The van der Waals surface area contributed by atoms with Crippen molar-refractivity contribution >= 4 is 16.6 Å². The number of benzene rings is 1. The average Bonchev–Trinajstić information content (AvgIpc) is 2.12. The molecule has 0 aromatic heterocycles. The summed E-state index contributed by atoms with van der Waals surface area (Å²) in [6.07, 6.45) is 0.420. The van der Waals surface area contributed by atoms with Gasteiger partial charge in [-0.05, 0) is 12.5 Å². The minimum Gasteiger partial charge on any atom is -0.294 e. The van der Waals surface area contributed by atoms with Crippen LogP contribution in [0.1, 0.15) is 22.3 Å². The van der Waals surface area contributed by atoms with Crippen molar-refractivity contribution in [2.75, 3.05) is 5.75 Å². The van der Waals surface area contributed by atoms with Crippen LogP contribution in [0.4, 0.5) is 0 Å². The van der Waals surface area contributed by atoms with Crippen molar-refractivity contribution in [2.45, 2.75) is 18.2 Å². The van der Waals surface area contributed by atoms with Gasteiger partial charge in [0.2, 0.25) is 0 Å². The molecule has 0 radical (unpaired) electrons. The zero-order valence-corrected chi connectivity index (χ0v) is 8.19. The van der Waals surface area contributed by atoms with E-state index in [2.05, 4.69) is 0 Å². The molecule has 1 atom stereocenters. The predicted octanol–water partition coefficient (Wildman–Crippen LogP) is 1.69. The van der Waals surface area contributed by atoms with Gasteiger partial charge in [-0.3, -0.25) is 9.00 Å². The van der Waals surface area contributed by atoms with Crippen molar-refractivity contribution in [3.05, 3.63) is 29.3 Å². The first kappa shape index (κ1) is 8.63. The second kappa shape index (κ2) is 3.07. The summed E-state index contributed by atoms with van der Waals surface area (Å²) in [6, 6.07) is 5.51. The molecule has 0 N–H and O–H groups in total. The first-order chi connectivity index (χ1) is 6.20. The highest BCUT2D eigenvalue weighted by Gasteiger charge is 2.23. The quantitative estimate of drug-likeness (QED) is 0.629. The third-order valence-corrected chi connectivity index (χ3v) is 3.83. The highest BCUT2D eigenvalue weighted by atomic mass is 32.2. The van der Waals surface area contributed by atoms with Crippen LogP contribution in [-0.4, -0.2) is 15.7 Å². The van der Waals surface area contributed by atoms with E-state index in [1.165, 1.54) is 0 Å². The molecule has 0 saturated carbocycles. The van der Waals surface area contributed by atoms with Gasteiger partial charge in [0.1, 0.15) is 0 Å². The fourth-order valence-corrected chi connectivity index (χ4v) is 3.03. The Balaban J connectivity index is 2.70. The normalized spacial score (nSPS) is 21.3. The lowest BCUT2D eigenvalue weighted by Crippen LogP contribution is -2.17. The van der Waals surface area contributed by atoms with Crippen LogP contribution in [0, 0.1) is 6.92 Å².